The second-order valence-electron chi connectivity index (χ2n) is 5.84. The number of nitrogens with zero attached hydrogens (tertiary/aromatic N) is 1. The Kier molecular flexibility index (Phi) is 2.45. The lowest BCUT2D eigenvalue weighted by Crippen LogP contribution is -2.34. The normalized spacial score (nSPS) is 29.7. The summed E-state index contributed by atoms with van der Waals surface area (Å²) in [6, 6.07) is 6.67. The van der Waals surface area contributed by atoms with Gasteiger partial charge >= 0.3 is 0 Å². The number of rotatable bonds is 2. The lowest BCUT2D eigenvalue weighted by molar-refractivity contribution is -0.129. The molecule has 0 radical (unpaired) electrons. The van der Waals surface area contributed by atoms with Crippen LogP contribution in [-0.4, -0.2) is 23.4 Å². The summed E-state index contributed by atoms with van der Waals surface area (Å²) in [6.45, 7) is 4.71. The van der Waals surface area contributed by atoms with Crippen LogP contribution in [0.25, 0.3) is 0 Å². The molecule has 3 nitrogen and oxygen atoms in total. The second-order valence-corrected chi connectivity index (χ2v) is 5.84. The van der Waals surface area contributed by atoms with E-state index >= 15 is 0 Å². The van der Waals surface area contributed by atoms with Crippen LogP contribution in [0.3, 0.4) is 0 Å². The standard InChI is InChI=1S/C14H17FN2O/c1-14(2)7-11(14)17-12(18)8-16-13(17)9-3-5-10(15)6-4-9/h3-6,11,13,16H,7-8H2,1-2H3. The Labute approximate surface area is 106 Å². The van der Waals surface area contributed by atoms with Crippen LogP contribution in [0.15, 0.2) is 24.3 Å². The Balaban J connectivity index is 1.87. The van der Waals surface area contributed by atoms with E-state index in [1.54, 1.807) is 12.1 Å². The Hall–Kier alpha value is -1.42. The van der Waals surface area contributed by atoms with Crippen molar-refractivity contribution in [2.75, 3.05) is 6.54 Å². The maximum Gasteiger partial charge on any atom is 0.238 e. The molecule has 4 heteroatoms. The fourth-order valence-corrected chi connectivity index (χ4v) is 2.71. The average molecular weight is 248 g/mol. The number of halogens is 1. The molecule has 1 aliphatic carbocycles. The van der Waals surface area contributed by atoms with Crippen molar-refractivity contribution in [1.29, 1.82) is 0 Å². The van der Waals surface area contributed by atoms with Crippen molar-refractivity contribution in [3.63, 3.8) is 0 Å². The monoisotopic (exact) mass is 248 g/mol. The molecule has 1 aromatic rings. The highest BCUT2D eigenvalue weighted by atomic mass is 19.1. The zero-order valence-corrected chi connectivity index (χ0v) is 10.6. The number of nitrogens with one attached hydrogen (secondary N) is 1. The first-order chi connectivity index (χ1) is 8.49. The van der Waals surface area contributed by atoms with Gasteiger partial charge in [-0.2, -0.15) is 0 Å². The smallest absolute Gasteiger partial charge is 0.238 e. The van der Waals surface area contributed by atoms with Crippen molar-refractivity contribution >= 4 is 5.91 Å². The van der Waals surface area contributed by atoms with Crippen LogP contribution in [0.1, 0.15) is 32.0 Å². The number of carbonyl (C=O) groups is 1. The summed E-state index contributed by atoms with van der Waals surface area (Å²) in [5, 5.41) is 3.21. The third-order valence-corrected chi connectivity index (χ3v) is 4.00. The molecule has 0 spiro atoms. The van der Waals surface area contributed by atoms with E-state index in [1.807, 2.05) is 4.90 Å². The number of amides is 1. The Morgan fingerprint density at radius 2 is 1.94 bits per heavy atom. The zero-order chi connectivity index (χ0) is 12.9. The molecular weight excluding hydrogens is 231 g/mol. The molecule has 1 amide bonds. The van der Waals surface area contributed by atoms with Crippen LogP contribution in [0.4, 0.5) is 4.39 Å². The van der Waals surface area contributed by atoms with E-state index in [4.69, 9.17) is 0 Å². The van der Waals surface area contributed by atoms with Crippen molar-refractivity contribution in [3.8, 4) is 0 Å². The predicted molar refractivity (Wildman–Crippen MR) is 66.2 cm³/mol. The summed E-state index contributed by atoms with van der Waals surface area (Å²) in [4.78, 5) is 13.9. The van der Waals surface area contributed by atoms with Crippen LogP contribution < -0.4 is 5.32 Å². The highest BCUT2D eigenvalue weighted by molar-refractivity contribution is 5.81. The van der Waals surface area contributed by atoms with Crippen molar-refractivity contribution < 1.29 is 9.18 Å². The second kappa shape index (κ2) is 3.79. The zero-order valence-electron chi connectivity index (χ0n) is 10.6. The first kappa shape index (κ1) is 11.7. The van der Waals surface area contributed by atoms with Crippen LogP contribution in [-0.2, 0) is 4.79 Å². The first-order valence-corrected chi connectivity index (χ1v) is 6.29. The van der Waals surface area contributed by atoms with Crippen LogP contribution in [0, 0.1) is 11.2 Å². The summed E-state index contributed by atoms with van der Waals surface area (Å²) in [5.41, 5.74) is 1.16. The van der Waals surface area contributed by atoms with Gasteiger partial charge in [0.2, 0.25) is 5.91 Å². The Morgan fingerprint density at radius 1 is 1.33 bits per heavy atom. The van der Waals surface area contributed by atoms with Gasteiger partial charge < -0.3 is 4.90 Å². The van der Waals surface area contributed by atoms with Gasteiger partial charge in [0.1, 0.15) is 12.0 Å². The van der Waals surface area contributed by atoms with Gasteiger partial charge in [0.25, 0.3) is 0 Å². The van der Waals surface area contributed by atoms with E-state index < -0.39 is 0 Å². The van der Waals surface area contributed by atoms with Crippen molar-refractivity contribution in [2.24, 2.45) is 5.41 Å². The average Bonchev–Trinajstić information content (AvgIpc) is 2.77. The number of benzene rings is 1. The lowest BCUT2D eigenvalue weighted by atomic mass is 10.1. The van der Waals surface area contributed by atoms with Gasteiger partial charge in [0, 0.05) is 6.04 Å². The molecule has 96 valence electrons. The largest absolute Gasteiger partial charge is 0.318 e. The van der Waals surface area contributed by atoms with Gasteiger partial charge in [0.15, 0.2) is 0 Å². The van der Waals surface area contributed by atoms with E-state index in [2.05, 4.69) is 19.2 Å². The summed E-state index contributed by atoms with van der Waals surface area (Å²) < 4.78 is 12.9. The molecule has 1 aromatic carbocycles. The Morgan fingerprint density at radius 3 is 2.50 bits per heavy atom. The minimum absolute atomic E-state index is 0.107. The molecule has 18 heavy (non-hydrogen) atoms. The quantitative estimate of drug-likeness (QED) is 0.868. The van der Waals surface area contributed by atoms with Gasteiger partial charge in [-0.25, -0.2) is 4.39 Å². The van der Waals surface area contributed by atoms with Crippen molar-refractivity contribution in [3.05, 3.63) is 35.6 Å². The molecule has 2 unspecified atom stereocenters. The molecule has 1 aliphatic heterocycles. The topological polar surface area (TPSA) is 32.3 Å². The van der Waals surface area contributed by atoms with Crippen LogP contribution in [0.5, 0.6) is 0 Å². The molecule has 1 N–H and O–H groups in total. The molecule has 1 saturated carbocycles. The third-order valence-electron chi connectivity index (χ3n) is 4.00. The summed E-state index contributed by atoms with van der Waals surface area (Å²) in [5.74, 6) is -0.110. The molecule has 2 fully saturated rings. The molecule has 0 bridgehead atoms. The van der Waals surface area contributed by atoms with E-state index in [9.17, 15) is 9.18 Å². The fourth-order valence-electron chi connectivity index (χ4n) is 2.71. The van der Waals surface area contributed by atoms with E-state index in [-0.39, 0.29) is 23.3 Å². The van der Waals surface area contributed by atoms with E-state index in [1.165, 1.54) is 12.1 Å². The maximum atomic E-state index is 12.9. The van der Waals surface area contributed by atoms with E-state index in [0.717, 1.165) is 12.0 Å². The molecule has 2 aliphatic rings. The lowest BCUT2D eigenvalue weighted by Gasteiger charge is -2.26. The molecule has 3 rings (SSSR count). The van der Waals surface area contributed by atoms with Crippen LogP contribution >= 0.6 is 0 Å². The highest BCUT2D eigenvalue weighted by Gasteiger charge is 2.54. The van der Waals surface area contributed by atoms with Gasteiger partial charge in [-0.05, 0) is 29.5 Å². The maximum absolute atomic E-state index is 12.9. The van der Waals surface area contributed by atoms with Gasteiger partial charge in [-0.15, -0.1) is 0 Å². The third kappa shape index (κ3) is 1.81. The first-order valence-electron chi connectivity index (χ1n) is 6.29. The summed E-state index contributed by atoms with van der Waals surface area (Å²) in [7, 11) is 0. The van der Waals surface area contributed by atoms with Crippen molar-refractivity contribution in [1.82, 2.24) is 10.2 Å². The highest BCUT2D eigenvalue weighted by Crippen LogP contribution is 2.51. The number of hydrogen-bond acceptors (Lipinski definition) is 2. The summed E-state index contributed by atoms with van der Waals surface area (Å²) >= 11 is 0. The SMILES string of the molecule is CC1(C)CC1N1C(=O)CNC1c1ccc(F)cc1. The molecule has 1 heterocycles. The van der Waals surface area contributed by atoms with Gasteiger partial charge in [-0.1, -0.05) is 26.0 Å². The van der Waals surface area contributed by atoms with Crippen LogP contribution in [0.2, 0.25) is 0 Å². The van der Waals surface area contributed by atoms with Crippen molar-refractivity contribution in [2.45, 2.75) is 32.5 Å². The predicted octanol–water partition coefficient (Wildman–Crippen LogP) is 2.05. The minimum Gasteiger partial charge on any atom is -0.318 e. The summed E-state index contributed by atoms with van der Waals surface area (Å²) in [6.07, 6.45) is 0.933. The van der Waals surface area contributed by atoms with Gasteiger partial charge in [-0.3, -0.25) is 10.1 Å². The number of hydrogen-bond donors (Lipinski definition) is 1. The minimum atomic E-state index is -0.249. The molecule has 2 atom stereocenters. The molecule has 1 saturated heterocycles. The molecule has 0 aromatic heterocycles. The van der Waals surface area contributed by atoms with E-state index in [0.29, 0.717) is 12.6 Å². The Bertz CT molecular complexity index is 483. The molecular formula is C14H17FN2O. The fraction of sp³-hybridized carbons (Fsp3) is 0.500. The number of carbonyl (C=O) groups excluding carboxylic acids is 1. The van der Waals surface area contributed by atoms with Gasteiger partial charge in [0.05, 0.1) is 6.54 Å².